The van der Waals surface area contributed by atoms with Crippen molar-refractivity contribution >= 4 is 11.3 Å². The van der Waals surface area contributed by atoms with E-state index in [1.54, 1.807) is 17.4 Å². The molecular formula is C22H23FOS. The summed E-state index contributed by atoms with van der Waals surface area (Å²) in [5.74, 6) is -0.894. The number of hydrogen-bond acceptors (Lipinski definition) is 2. The van der Waals surface area contributed by atoms with Gasteiger partial charge in [-0.15, -0.1) is 11.3 Å². The summed E-state index contributed by atoms with van der Waals surface area (Å²) in [6, 6.07) is 17.4. The van der Waals surface area contributed by atoms with Crippen molar-refractivity contribution in [2.45, 2.75) is 39.0 Å². The molecule has 0 saturated heterocycles. The maximum Gasteiger partial charge on any atom is 0.165 e. The average Bonchev–Trinajstić information content (AvgIpc) is 3.12. The lowest BCUT2D eigenvalue weighted by Crippen LogP contribution is -1.85. The Morgan fingerprint density at radius 1 is 0.840 bits per heavy atom. The number of aryl methyl sites for hydroxylation is 1. The fraction of sp³-hybridized carbons (Fsp3) is 0.273. The summed E-state index contributed by atoms with van der Waals surface area (Å²) in [4.78, 5) is 2.17. The molecule has 1 aromatic heterocycles. The first-order chi connectivity index (χ1) is 12.2. The van der Waals surface area contributed by atoms with Crippen molar-refractivity contribution in [2.75, 3.05) is 0 Å². The Hall–Kier alpha value is -2.13. The molecule has 1 nitrogen and oxygen atoms in total. The summed E-state index contributed by atoms with van der Waals surface area (Å²) < 4.78 is 13.5. The smallest absolute Gasteiger partial charge is 0.165 e. The highest BCUT2D eigenvalue weighted by molar-refractivity contribution is 7.18. The molecule has 3 heteroatoms. The Kier molecular flexibility index (Phi) is 5.87. The maximum atomic E-state index is 13.5. The molecule has 1 N–H and O–H groups in total. The third kappa shape index (κ3) is 4.49. The zero-order valence-corrected chi connectivity index (χ0v) is 15.3. The maximum absolute atomic E-state index is 13.5. The van der Waals surface area contributed by atoms with E-state index in [2.05, 4.69) is 37.3 Å². The van der Waals surface area contributed by atoms with E-state index in [0.29, 0.717) is 0 Å². The zero-order valence-electron chi connectivity index (χ0n) is 14.5. The molecule has 25 heavy (non-hydrogen) atoms. The van der Waals surface area contributed by atoms with E-state index in [-0.39, 0.29) is 5.75 Å². The number of benzene rings is 2. The quantitative estimate of drug-likeness (QED) is 0.451. The molecule has 3 rings (SSSR count). The van der Waals surface area contributed by atoms with Crippen LogP contribution in [0.2, 0.25) is 0 Å². The van der Waals surface area contributed by atoms with E-state index in [1.807, 2.05) is 6.07 Å². The van der Waals surface area contributed by atoms with E-state index in [4.69, 9.17) is 0 Å². The highest BCUT2D eigenvalue weighted by Crippen LogP contribution is 2.35. The second kappa shape index (κ2) is 8.30. The Morgan fingerprint density at radius 2 is 1.52 bits per heavy atom. The van der Waals surface area contributed by atoms with Crippen LogP contribution in [0.1, 0.15) is 38.2 Å². The van der Waals surface area contributed by atoms with Gasteiger partial charge in [0.2, 0.25) is 0 Å². The summed E-state index contributed by atoms with van der Waals surface area (Å²) in [5.41, 5.74) is 3.36. The lowest BCUT2D eigenvalue weighted by Gasteiger charge is -2.03. The summed E-state index contributed by atoms with van der Waals surface area (Å²) in [6.45, 7) is 2.23. The highest BCUT2D eigenvalue weighted by atomic mass is 32.1. The number of aromatic hydroxyl groups is 1. The molecule has 3 aromatic rings. The molecule has 0 amide bonds. The minimum absolute atomic E-state index is 0.310. The second-order valence-corrected chi connectivity index (χ2v) is 7.42. The van der Waals surface area contributed by atoms with Gasteiger partial charge in [-0.2, -0.15) is 0 Å². The molecule has 0 bridgehead atoms. The molecule has 0 saturated carbocycles. The van der Waals surface area contributed by atoms with Gasteiger partial charge in [0.25, 0.3) is 0 Å². The number of phenolic OH excluding ortho intramolecular Hbond substituents is 1. The first kappa shape index (κ1) is 17.7. The van der Waals surface area contributed by atoms with Crippen LogP contribution in [0.4, 0.5) is 4.39 Å². The monoisotopic (exact) mass is 354 g/mol. The van der Waals surface area contributed by atoms with Gasteiger partial charge in [0, 0.05) is 9.75 Å². The molecule has 0 unspecified atom stereocenters. The van der Waals surface area contributed by atoms with E-state index in [1.165, 1.54) is 53.8 Å². The summed E-state index contributed by atoms with van der Waals surface area (Å²) in [7, 11) is 0. The molecule has 0 aliphatic rings. The van der Waals surface area contributed by atoms with Crippen LogP contribution < -0.4 is 0 Å². The van der Waals surface area contributed by atoms with E-state index >= 15 is 0 Å². The third-order valence-corrected chi connectivity index (χ3v) is 5.58. The van der Waals surface area contributed by atoms with Crippen LogP contribution in [0, 0.1) is 5.82 Å². The summed E-state index contributed by atoms with van der Waals surface area (Å²) in [6.07, 6.45) is 6.28. The fourth-order valence-electron chi connectivity index (χ4n) is 2.90. The average molecular weight is 354 g/mol. The van der Waals surface area contributed by atoms with E-state index in [0.717, 1.165) is 16.9 Å². The minimum atomic E-state index is -0.583. The molecule has 0 atom stereocenters. The molecule has 0 fully saturated rings. The number of hydrogen-bond donors (Lipinski definition) is 1. The Bertz CT molecular complexity index is 820. The Labute approximate surface area is 152 Å². The molecule has 0 spiro atoms. The van der Waals surface area contributed by atoms with Gasteiger partial charge in [-0.3, -0.25) is 0 Å². The third-order valence-electron chi connectivity index (χ3n) is 4.40. The first-order valence-corrected chi connectivity index (χ1v) is 9.67. The van der Waals surface area contributed by atoms with Crippen LogP contribution >= 0.6 is 11.3 Å². The number of halogens is 1. The Balaban J connectivity index is 1.70. The van der Waals surface area contributed by atoms with Crippen LogP contribution in [0.25, 0.3) is 20.9 Å². The zero-order chi connectivity index (χ0) is 17.6. The predicted octanol–water partition coefficient (Wildman–Crippen LogP) is 7.05. The number of thiophene rings is 1. The van der Waals surface area contributed by atoms with Crippen LogP contribution in [0.15, 0.2) is 54.6 Å². The van der Waals surface area contributed by atoms with Gasteiger partial charge >= 0.3 is 0 Å². The summed E-state index contributed by atoms with van der Waals surface area (Å²) in [5, 5.41) is 9.32. The number of unbranched alkanes of at least 4 members (excludes halogenated alkanes) is 3. The number of phenols is 1. The lowest BCUT2D eigenvalue weighted by atomic mass is 10.0. The van der Waals surface area contributed by atoms with Crippen molar-refractivity contribution in [2.24, 2.45) is 0 Å². The van der Waals surface area contributed by atoms with Crippen LogP contribution in [0.3, 0.4) is 0 Å². The van der Waals surface area contributed by atoms with Crippen molar-refractivity contribution in [1.29, 1.82) is 0 Å². The normalized spacial score (nSPS) is 11.0. The SMILES string of the molecule is CCCCCCc1ccc(-c2ccc(-c3ccc(O)c(F)c3)s2)cc1. The van der Waals surface area contributed by atoms with Crippen molar-refractivity contribution in [3.8, 4) is 26.6 Å². The largest absolute Gasteiger partial charge is 0.505 e. The lowest BCUT2D eigenvalue weighted by molar-refractivity contribution is 0.432. The molecule has 1 heterocycles. The predicted molar refractivity (Wildman–Crippen MR) is 105 cm³/mol. The molecule has 0 aliphatic heterocycles. The molecule has 0 radical (unpaired) electrons. The van der Waals surface area contributed by atoms with Crippen molar-refractivity contribution in [3.05, 3.63) is 66.0 Å². The van der Waals surface area contributed by atoms with Crippen molar-refractivity contribution in [1.82, 2.24) is 0 Å². The topological polar surface area (TPSA) is 20.2 Å². The van der Waals surface area contributed by atoms with E-state index < -0.39 is 5.82 Å². The summed E-state index contributed by atoms with van der Waals surface area (Å²) >= 11 is 1.64. The molecular weight excluding hydrogens is 331 g/mol. The van der Waals surface area contributed by atoms with Gasteiger partial charge in [0.05, 0.1) is 0 Å². The van der Waals surface area contributed by atoms with Gasteiger partial charge in [0.1, 0.15) is 0 Å². The van der Waals surface area contributed by atoms with Crippen LogP contribution in [0.5, 0.6) is 5.75 Å². The van der Waals surface area contributed by atoms with Crippen LogP contribution in [-0.4, -0.2) is 5.11 Å². The van der Waals surface area contributed by atoms with Gasteiger partial charge in [-0.25, -0.2) is 4.39 Å². The van der Waals surface area contributed by atoms with Crippen LogP contribution in [-0.2, 0) is 6.42 Å². The van der Waals surface area contributed by atoms with Gasteiger partial charge in [0.15, 0.2) is 11.6 Å². The highest BCUT2D eigenvalue weighted by Gasteiger charge is 2.08. The molecule has 130 valence electrons. The second-order valence-electron chi connectivity index (χ2n) is 6.34. The van der Waals surface area contributed by atoms with Gasteiger partial charge < -0.3 is 5.11 Å². The first-order valence-electron chi connectivity index (χ1n) is 8.85. The van der Waals surface area contributed by atoms with Crippen molar-refractivity contribution in [3.63, 3.8) is 0 Å². The molecule has 0 aliphatic carbocycles. The van der Waals surface area contributed by atoms with Gasteiger partial charge in [-0.1, -0.05) is 50.5 Å². The number of rotatable bonds is 7. The Morgan fingerprint density at radius 3 is 2.20 bits per heavy atom. The molecule has 2 aromatic carbocycles. The fourth-order valence-corrected chi connectivity index (χ4v) is 3.91. The minimum Gasteiger partial charge on any atom is -0.505 e. The van der Waals surface area contributed by atoms with Crippen molar-refractivity contribution < 1.29 is 9.50 Å². The van der Waals surface area contributed by atoms with E-state index in [9.17, 15) is 9.50 Å². The standard InChI is InChI=1S/C22H23FOS/c1-2-3-4-5-6-16-7-9-17(10-8-16)21-13-14-22(25-21)18-11-12-20(24)19(23)15-18/h7-15,24H,2-6H2,1H3. The van der Waals surface area contributed by atoms with Gasteiger partial charge in [-0.05, 0) is 59.9 Å².